The Hall–Kier alpha value is -2.54. The Balaban J connectivity index is 2.08. The first-order valence-electron chi connectivity index (χ1n) is 8.07. The average Bonchev–Trinajstić information content (AvgIpc) is 2.56. The molecule has 0 bridgehead atoms. The van der Waals surface area contributed by atoms with Gasteiger partial charge < -0.3 is 10.6 Å². The van der Waals surface area contributed by atoms with Gasteiger partial charge in [0.2, 0.25) is 5.91 Å². The lowest BCUT2D eigenvalue weighted by Gasteiger charge is -2.14. The highest BCUT2D eigenvalue weighted by molar-refractivity contribution is 7.92. The number of carbonyl (C=O) groups excluding carboxylic acids is 1. The van der Waals surface area contributed by atoms with Crippen molar-refractivity contribution in [3.05, 3.63) is 48.5 Å². The first kappa shape index (κ1) is 18.8. The zero-order valence-corrected chi connectivity index (χ0v) is 15.4. The van der Waals surface area contributed by atoms with Crippen molar-refractivity contribution in [1.29, 1.82) is 0 Å². The third-order valence-corrected chi connectivity index (χ3v) is 5.04. The van der Waals surface area contributed by atoms with Crippen LogP contribution in [0.25, 0.3) is 0 Å². The van der Waals surface area contributed by atoms with E-state index >= 15 is 0 Å². The number of amides is 1. The molecule has 134 valence electrons. The normalized spacial score (nSPS) is 12.3. The van der Waals surface area contributed by atoms with Crippen molar-refractivity contribution >= 4 is 33.0 Å². The first-order valence-corrected chi connectivity index (χ1v) is 9.55. The van der Waals surface area contributed by atoms with E-state index in [4.69, 9.17) is 0 Å². The lowest BCUT2D eigenvalue weighted by Crippen LogP contribution is -2.14. The van der Waals surface area contributed by atoms with E-state index in [0.29, 0.717) is 17.4 Å². The fourth-order valence-corrected chi connectivity index (χ4v) is 3.21. The van der Waals surface area contributed by atoms with Crippen LogP contribution in [0.5, 0.6) is 0 Å². The van der Waals surface area contributed by atoms with Gasteiger partial charge in [-0.3, -0.25) is 9.52 Å². The van der Waals surface area contributed by atoms with Crippen LogP contribution < -0.4 is 15.4 Å². The molecule has 2 rings (SSSR count). The quantitative estimate of drug-likeness (QED) is 0.702. The molecule has 0 spiro atoms. The summed E-state index contributed by atoms with van der Waals surface area (Å²) in [6, 6.07) is 13.5. The fourth-order valence-electron chi connectivity index (χ4n) is 2.16. The zero-order valence-electron chi connectivity index (χ0n) is 14.5. The minimum Gasteiger partial charge on any atom is -0.383 e. The Morgan fingerprint density at radius 3 is 2.00 bits per heavy atom. The molecule has 3 N–H and O–H groups in total. The predicted octanol–water partition coefficient (Wildman–Crippen LogP) is 3.66. The molecule has 0 radical (unpaired) electrons. The third kappa shape index (κ3) is 5.49. The van der Waals surface area contributed by atoms with Gasteiger partial charge in [-0.1, -0.05) is 6.92 Å². The number of carbonyl (C=O) groups is 1. The lowest BCUT2D eigenvalue weighted by molar-refractivity contribution is -0.114. The standard InChI is InChI=1S/C18H23N3O3S/c1-4-13(2)19-15-5-7-17(8-6-15)21-25(23,24)18-11-9-16(10-12-18)20-14(3)22/h5-13,19,21H,4H2,1-3H3,(H,20,22). The summed E-state index contributed by atoms with van der Waals surface area (Å²) in [5.74, 6) is -0.208. The van der Waals surface area contributed by atoms with Crippen LogP contribution in [-0.4, -0.2) is 20.4 Å². The molecule has 0 aliphatic rings. The predicted molar refractivity (Wildman–Crippen MR) is 101 cm³/mol. The van der Waals surface area contributed by atoms with Crippen molar-refractivity contribution in [2.24, 2.45) is 0 Å². The van der Waals surface area contributed by atoms with Crippen LogP contribution in [0.15, 0.2) is 53.4 Å². The highest BCUT2D eigenvalue weighted by atomic mass is 32.2. The molecule has 6 nitrogen and oxygen atoms in total. The monoisotopic (exact) mass is 361 g/mol. The van der Waals surface area contributed by atoms with Crippen LogP contribution in [0, 0.1) is 0 Å². The number of hydrogen-bond donors (Lipinski definition) is 3. The Labute approximate surface area is 148 Å². The summed E-state index contributed by atoms with van der Waals surface area (Å²) in [5, 5.41) is 5.92. The van der Waals surface area contributed by atoms with Crippen LogP contribution in [-0.2, 0) is 14.8 Å². The van der Waals surface area contributed by atoms with E-state index in [0.717, 1.165) is 12.1 Å². The molecule has 1 atom stereocenters. The summed E-state index contributed by atoms with van der Waals surface area (Å²) in [6.07, 6.45) is 1.00. The van der Waals surface area contributed by atoms with Gasteiger partial charge in [0.15, 0.2) is 0 Å². The molecule has 2 aromatic carbocycles. The minimum absolute atomic E-state index is 0.128. The van der Waals surface area contributed by atoms with Crippen molar-refractivity contribution in [3.63, 3.8) is 0 Å². The van der Waals surface area contributed by atoms with Crippen LogP contribution in [0.1, 0.15) is 27.2 Å². The number of sulfonamides is 1. The molecule has 7 heteroatoms. The van der Waals surface area contributed by atoms with Gasteiger partial charge in [-0.2, -0.15) is 0 Å². The second kappa shape index (κ2) is 8.02. The Morgan fingerprint density at radius 1 is 0.960 bits per heavy atom. The molecule has 0 aliphatic carbocycles. The van der Waals surface area contributed by atoms with Crippen LogP contribution >= 0.6 is 0 Å². The Morgan fingerprint density at radius 2 is 1.48 bits per heavy atom. The molecule has 25 heavy (non-hydrogen) atoms. The Bertz CT molecular complexity index is 816. The van der Waals surface area contributed by atoms with Crippen molar-refractivity contribution in [2.45, 2.75) is 38.1 Å². The lowest BCUT2D eigenvalue weighted by atomic mass is 10.2. The largest absolute Gasteiger partial charge is 0.383 e. The SMILES string of the molecule is CCC(C)Nc1ccc(NS(=O)(=O)c2ccc(NC(C)=O)cc2)cc1. The smallest absolute Gasteiger partial charge is 0.261 e. The van der Waals surface area contributed by atoms with E-state index in [1.54, 1.807) is 24.3 Å². The van der Waals surface area contributed by atoms with E-state index < -0.39 is 10.0 Å². The van der Waals surface area contributed by atoms with Crippen molar-refractivity contribution in [3.8, 4) is 0 Å². The average molecular weight is 361 g/mol. The molecule has 0 saturated heterocycles. The maximum Gasteiger partial charge on any atom is 0.261 e. The van der Waals surface area contributed by atoms with Gasteiger partial charge in [0.05, 0.1) is 4.90 Å². The first-order chi connectivity index (χ1) is 11.8. The molecule has 1 unspecified atom stereocenters. The summed E-state index contributed by atoms with van der Waals surface area (Å²) >= 11 is 0. The second-order valence-electron chi connectivity index (χ2n) is 5.84. The van der Waals surface area contributed by atoms with Crippen molar-refractivity contribution in [2.75, 3.05) is 15.4 Å². The van der Waals surface area contributed by atoms with Gasteiger partial charge in [-0.15, -0.1) is 0 Å². The number of hydrogen-bond acceptors (Lipinski definition) is 4. The molecular weight excluding hydrogens is 338 g/mol. The summed E-state index contributed by atoms with van der Waals surface area (Å²) in [7, 11) is -3.68. The van der Waals surface area contributed by atoms with Gasteiger partial charge >= 0.3 is 0 Å². The molecule has 0 heterocycles. The maximum absolute atomic E-state index is 12.4. The molecular formula is C18H23N3O3S. The third-order valence-electron chi connectivity index (χ3n) is 3.65. The number of rotatable bonds is 7. The van der Waals surface area contributed by atoms with E-state index in [2.05, 4.69) is 29.2 Å². The fraction of sp³-hybridized carbons (Fsp3) is 0.278. The summed E-state index contributed by atoms with van der Waals surface area (Å²) in [4.78, 5) is 11.1. The topological polar surface area (TPSA) is 87.3 Å². The number of nitrogens with one attached hydrogen (secondary N) is 3. The molecule has 0 fully saturated rings. The van der Waals surface area contributed by atoms with E-state index in [1.807, 2.05) is 12.1 Å². The summed E-state index contributed by atoms with van der Waals surface area (Å²) in [5.41, 5.74) is 1.98. The van der Waals surface area contributed by atoms with Gasteiger partial charge in [-0.25, -0.2) is 8.42 Å². The van der Waals surface area contributed by atoms with Gasteiger partial charge in [0.25, 0.3) is 10.0 Å². The Kier molecular flexibility index (Phi) is 6.03. The van der Waals surface area contributed by atoms with Crippen LogP contribution in [0.4, 0.5) is 17.1 Å². The van der Waals surface area contributed by atoms with Crippen LogP contribution in [0.2, 0.25) is 0 Å². The van der Waals surface area contributed by atoms with Crippen molar-refractivity contribution < 1.29 is 13.2 Å². The van der Waals surface area contributed by atoms with Gasteiger partial charge in [0, 0.05) is 30.0 Å². The van der Waals surface area contributed by atoms with E-state index in [1.165, 1.54) is 19.1 Å². The van der Waals surface area contributed by atoms with E-state index in [9.17, 15) is 13.2 Å². The molecule has 0 saturated carbocycles. The van der Waals surface area contributed by atoms with Gasteiger partial charge in [0.1, 0.15) is 0 Å². The summed E-state index contributed by atoms with van der Waals surface area (Å²) in [6.45, 7) is 5.57. The number of benzene rings is 2. The molecule has 0 aromatic heterocycles. The maximum atomic E-state index is 12.4. The van der Waals surface area contributed by atoms with Crippen LogP contribution in [0.3, 0.4) is 0 Å². The van der Waals surface area contributed by atoms with E-state index in [-0.39, 0.29) is 10.8 Å². The summed E-state index contributed by atoms with van der Waals surface area (Å²) < 4.78 is 27.4. The molecule has 2 aromatic rings. The van der Waals surface area contributed by atoms with Crippen molar-refractivity contribution in [1.82, 2.24) is 0 Å². The van der Waals surface area contributed by atoms with Gasteiger partial charge in [-0.05, 0) is 61.9 Å². The highest BCUT2D eigenvalue weighted by Gasteiger charge is 2.14. The minimum atomic E-state index is -3.68. The number of anilines is 3. The zero-order chi connectivity index (χ0) is 18.4. The highest BCUT2D eigenvalue weighted by Crippen LogP contribution is 2.20. The molecule has 0 aliphatic heterocycles. The molecule has 1 amide bonds. The second-order valence-corrected chi connectivity index (χ2v) is 7.52.